The number of amides is 1. The van der Waals surface area contributed by atoms with Crippen LogP contribution in [0.15, 0.2) is 59.7 Å². The Hall–Kier alpha value is -2.99. The lowest BCUT2D eigenvalue weighted by molar-refractivity contribution is 0.0950. The Bertz CT molecular complexity index is 890. The SMILES string of the molecule is O=C(N/N=C/c1cccc(F)c1)c1cc(-c2ccc(Cl)cc2)n[nH]1. The summed E-state index contributed by atoms with van der Waals surface area (Å²) in [7, 11) is 0. The Labute approximate surface area is 142 Å². The number of hydrogen-bond acceptors (Lipinski definition) is 3. The molecule has 0 aliphatic carbocycles. The molecule has 5 nitrogen and oxygen atoms in total. The Balaban J connectivity index is 1.66. The van der Waals surface area contributed by atoms with Crippen LogP contribution in [0.3, 0.4) is 0 Å². The van der Waals surface area contributed by atoms with Crippen molar-refractivity contribution in [3.63, 3.8) is 0 Å². The lowest BCUT2D eigenvalue weighted by Gasteiger charge is -1.96. The van der Waals surface area contributed by atoms with E-state index in [1.165, 1.54) is 18.3 Å². The first-order valence-corrected chi connectivity index (χ1v) is 7.40. The van der Waals surface area contributed by atoms with E-state index in [4.69, 9.17) is 11.6 Å². The Kier molecular flexibility index (Phi) is 4.67. The second kappa shape index (κ2) is 7.06. The number of benzene rings is 2. The number of carbonyl (C=O) groups is 1. The standard InChI is InChI=1S/C17H12ClFN4O/c18-13-6-4-12(5-7-13)15-9-16(22-21-15)17(24)23-20-10-11-2-1-3-14(19)8-11/h1-10H,(H,21,22)(H,23,24)/b20-10+. The number of halogens is 2. The molecule has 0 saturated carbocycles. The van der Waals surface area contributed by atoms with Gasteiger partial charge in [0.1, 0.15) is 11.5 Å². The molecule has 1 aromatic heterocycles. The number of hydrazone groups is 1. The molecule has 0 fully saturated rings. The van der Waals surface area contributed by atoms with Crippen molar-refractivity contribution in [2.75, 3.05) is 0 Å². The van der Waals surface area contributed by atoms with Gasteiger partial charge in [-0.1, -0.05) is 35.9 Å². The summed E-state index contributed by atoms with van der Waals surface area (Å²) in [4.78, 5) is 12.0. The van der Waals surface area contributed by atoms with Crippen molar-refractivity contribution in [2.45, 2.75) is 0 Å². The number of aromatic nitrogens is 2. The lowest BCUT2D eigenvalue weighted by Crippen LogP contribution is -2.18. The Morgan fingerprint density at radius 1 is 1.21 bits per heavy atom. The molecule has 120 valence electrons. The average molecular weight is 343 g/mol. The number of rotatable bonds is 4. The smallest absolute Gasteiger partial charge is 0.272 e. The van der Waals surface area contributed by atoms with Crippen LogP contribution in [0.25, 0.3) is 11.3 Å². The van der Waals surface area contributed by atoms with Gasteiger partial charge in [-0.15, -0.1) is 0 Å². The van der Waals surface area contributed by atoms with Crippen molar-refractivity contribution >= 4 is 23.7 Å². The average Bonchev–Trinajstić information content (AvgIpc) is 3.05. The molecule has 3 rings (SSSR count). The topological polar surface area (TPSA) is 70.1 Å². The summed E-state index contributed by atoms with van der Waals surface area (Å²) in [5.74, 6) is -0.818. The van der Waals surface area contributed by atoms with E-state index in [2.05, 4.69) is 20.7 Å². The van der Waals surface area contributed by atoms with Gasteiger partial charge in [0, 0.05) is 10.6 Å². The molecule has 0 aliphatic heterocycles. The molecule has 3 aromatic rings. The van der Waals surface area contributed by atoms with Gasteiger partial charge in [-0.3, -0.25) is 9.89 Å². The first-order valence-electron chi connectivity index (χ1n) is 7.02. The van der Waals surface area contributed by atoms with Crippen LogP contribution in [0.2, 0.25) is 5.02 Å². The molecule has 0 aliphatic rings. The van der Waals surface area contributed by atoms with Crippen LogP contribution in [0, 0.1) is 5.82 Å². The molecule has 2 aromatic carbocycles. The second-order valence-electron chi connectivity index (χ2n) is 4.93. The molecular formula is C17H12ClFN4O. The second-order valence-corrected chi connectivity index (χ2v) is 5.36. The Morgan fingerprint density at radius 2 is 2.00 bits per heavy atom. The normalized spacial score (nSPS) is 10.9. The van der Waals surface area contributed by atoms with Crippen LogP contribution < -0.4 is 5.43 Å². The van der Waals surface area contributed by atoms with Gasteiger partial charge in [-0.2, -0.15) is 10.2 Å². The minimum atomic E-state index is -0.449. The predicted molar refractivity (Wildman–Crippen MR) is 90.5 cm³/mol. The molecular weight excluding hydrogens is 331 g/mol. The van der Waals surface area contributed by atoms with Crippen LogP contribution in [-0.4, -0.2) is 22.3 Å². The van der Waals surface area contributed by atoms with Gasteiger partial charge in [-0.05, 0) is 35.9 Å². The Morgan fingerprint density at radius 3 is 2.75 bits per heavy atom. The lowest BCUT2D eigenvalue weighted by atomic mass is 10.1. The quantitative estimate of drug-likeness (QED) is 0.561. The first-order chi connectivity index (χ1) is 11.6. The van der Waals surface area contributed by atoms with Crippen LogP contribution >= 0.6 is 11.6 Å². The van der Waals surface area contributed by atoms with Gasteiger partial charge in [0.05, 0.1) is 11.9 Å². The van der Waals surface area contributed by atoms with Crippen molar-refractivity contribution in [1.82, 2.24) is 15.6 Å². The highest BCUT2D eigenvalue weighted by Gasteiger charge is 2.10. The largest absolute Gasteiger partial charge is 0.289 e. The van der Waals surface area contributed by atoms with E-state index in [1.807, 2.05) is 12.1 Å². The predicted octanol–water partition coefficient (Wildman–Crippen LogP) is 3.63. The summed E-state index contributed by atoms with van der Waals surface area (Å²) in [6.07, 6.45) is 1.36. The number of hydrogen-bond donors (Lipinski definition) is 2. The fourth-order valence-corrected chi connectivity index (χ4v) is 2.15. The highest BCUT2D eigenvalue weighted by molar-refractivity contribution is 6.30. The van der Waals surface area contributed by atoms with Crippen LogP contribution in [0.1, 0.15) is 16.1 Å². The van der Waals surface area contributed by atoms with E-state index in [0.29, 0.717) is 16.3 Å². The molecule has 1 heterocycles. The van der Waals surface area contributed by atoms with Gasteiger partial charge < -0.3 is 0 Å². The van der Waals surface area contributed by atoms with E-state index in [9.17, 15) is 9.18 Å². The summed E-state index contributed by atoms with van der Waals surface area (Å²) in [5.41, 5.74) is 4.61. The van der Waals surface area contributed by atoms with Gasteiger partial charge in [0.25, 0.3) is 5.91 Å². The van der Waals surface area contributed by atoms with Crippen LogP contribution in [0.5, 0.6) is 0 Å². The summed E-state index contributed by atoms with van der Waals surface area (Å²) >= 11 is 5.84. The maximum atomic E-state index is 13.0. The monoisotopic (exact) mass is 342 g/mol. The molecule has 0 atom stereocenters. The third kappa shape index (κ3) is 3.85. The zero-order valence-electron chi connectivity index (χ0n) is 12.3. The number of carbonyl (C=O) groups excluding carboxylic acids is 1. The van der Waals surface area contributed by atoms with E-state index in [0.717, 1.165) is 5.56 Å². The molecule has 0 unspecified atom stereocenters. The maximum Gasteiger partial charge on any atom is 0.289 e. The van der Waals surface area contributed by atoms with Crippen molar-refractivity contribution < 1.29 is 9.18 Å². The molecule has 0 saturated heterocycles. The van der Waals surface area contributed by atoms with Crippen molar-refractivity contribution in [3.05, 3.63) is 76.7 Å². The fourth-order valence-electron chi connectivity index (χ4n) is 2.02. The number of H-pyrrole nitrogens is 1. The van der Waals surface area contributed by atoms with E-state index < -0.39 is 5.91 Å². The minimum absolute atomic E-state index is 0.261. The minimum Gasteiger partial charge on any atom is -0.272 e. The third-order valence-corrected chi connectivity index (χ3v) is 3.44. The van der Waals surface area contributed by atoms with Gasteiger partial charge in [-0.25, -0.2) is 9.82 Å². The summed E-state index contributed by atoms with van der Waals surface area (Å²) in [5, 5.41) is 11.2. The van der Waals surface area contributed by atoms with Crippen molar-refractivity contribution in [1.29, 1.82) is 0 Å². The summed E-state index contributed by atoms with van der Waals surface area (Å²) in [6, 6.07) is 14.6. The van der Waals surface area contributed by atoms with Gasteiger partial charge in [0.2, 0.25) is 0 Å². The number of nitrogens with one attached hydrogen (secondary N) is 2. The van der Waals surface area contributed by atoms with Gasteiger partial charge in [0.15, 0.2) is 0 Å². The molecule has 0 bridgehead atoms. The van der Waals surface area contributed by atoms with E-state index in [-0.39, 0.29) is 11.5 Å². The molecule has 0 spiro atoms. The number of nitrogens with zero attached hydrogens (tertiary/aromatic N) is 2. The van der Waals surface area contributed by atoms with Gasteiger partial charge >= 0.3 is 0 Å². The van der Waals surface area contributed by atoms with Crippen molar-refractivity contribution in [3.8, 4) is 11.3 Å². The first kappa shape index (κ1) is 15.9. The summed E-state index contributed by atoms with van der Waals surface area (Å²) in [6.45, 7) is 0. The highest BCUT2D eigenvalue weighted by Crippen LogP contribution is 2.20. The maximum absolute atomic E-state index is 13.0. The van der Waals surface area contributed by atoms with Crippen molar-refractivity contribution in [2.24, 2.45) is 5.10 Å². The third-order valence-electron chi connectivity index (χ3n) is 3.19. The van der Waals surface area contributed by atoms with Crippen LogP contribution in [-0.2, 0) is 0 Å². The molecule has 2 N–H and O–H groups in total. The van der Waals surface area contributed by atoms with E-state index in [1.54, 1.807) is 30.3 Å². The molecule has 7 heteroatoms. The van der Waals surface area contributed by atoms with Crippen LogP contribution in [0.4, 0.5) is 4.39 Å². The summed E-state index contributed by atoms with van der Waals surface area (Å²) < 4.78 is 13.0. The molecule has 24 heavy (non-hydrogen) atoms. The molecule has 0 radical (unpaired) electrons. The number of aromatic amines is 1. The van der Waals surface area contributed by atoms with E-state index >= 15 is 0 Å². The molecule has 1 amide bonds. The fraction of sp³-hybridized carbons (Fsp3) is 0. The highest BCUT2D eigenvalue weighted by atomic mass is 35.5. The zero-order valence-corrected chi connectivity index (χ0v) is 13.1. The zero-order chi connectivity index (χ0) is 16.9.